The van der Waals surface area contributed by atoms with Gasteiger partial charge in [-0.1, -0.05) is 6.92 Å². The van der Waals surface area contributed by atoms with Crippen molar-refractivity contribution in [3.8, 4) is 0 Å². The number of hydrogen-bond donors (Lipinski definition) is 0. The van der Waals surface area contributed by atoms with Crippen molar-refractivity contribution >= 4 is 12.0 Å². The average Bonchev–Trinajstić information content (AvgIpc) is 2.33. The predicted molar refractivity (Wildman–Crippen MR) is 77.1 cm³/mol. The van der Waals surface area contributed by atoms with Crippen LogP contribution in [-0.2, 0) is 9.53 Å². The van der Waals surface area contributed by atoms with E-state index >= 15 is 0 Å². The zero-order valence-electron chi connectivity index (χ0n) is 13.3. The van der Waals surface area contributed by atoms with E-state index in [1.807, 2.05) is 32.7 Å². The molecule has 1 saturated heterocycles. The molecule has 20 heavy (non-hydrogen) atoms. The van der Waals surface area contributed by atoms with Crippen LogP contribution in [0.5, 0.6) is 0 Å². The standard InChI is InChI=1S/C14H27N3O3/c1-6-7-17(12(2)18)16-10-8-15(9-11-16)13(19)20-14(3,4)5/h6-11H2,1-5H3. The summed E-state index contributed by atoms with van der Waals surface area (Å²) < 4.78 is 5.36. The molecule has 0 aromatic rings. The molecule has 0 aromatic heterocycles. The Bertz CT molecular complexity index is 344. The van der Waals surface area contributed by atoms with E-state index in [9.17, 15) is 9.59 Å². The lowest BCUT2D eigenvalue weighted by Crippen LogP contribution is -2.56. The van der Waals surface area contributed by atoms with E-state index in [1.165, 1.54) is 0 Å². The van der Waals surface area contributed by atoms with Gasteiger partial charge in [-0.3, -0.25) is 9.80 Å². The van der Waals surface area contributed by atoms with Gasteiger partial charge in [0, 0.05) is 39.6 Å². The zero-order valence-corrected chi connectivity index (χ0v) is 13.3. The fraction of sp³-hybridized carbons (Fsp3) is 0.857. The molecule has 0 atom stereocenters. The molecule has 0 saturated carbocycles. The largest absolute Gasteiger partial charge is 0.444 e. The molecule has 0 unspecified atom stereocenters. The molecule has 0 aliphatic carbocycles. The highest BCUT2D eigenvalue weighted by Crippen LogP contribution is 2.13. The van der Waals surface area contributed by atoms with Crippen molar-refractivity contribution in [2.45, 2.75) is 46.6 Å². The Labute approximate surface area is 121 Å². The van der Waals surface area contributed by atoms with Crippen LogP contribution in [0.3, 0.4) is 0 Å². The van der Waals surface area contributed by atoms with Gasteiger partial charge in [-0.2, -0.15) is 0 Å². The molecular formula is C14H27N3O3. The summed E-state index contributed by atoms with van der Waals surface area (Å²) in [7, 11) is 0. The second-order valence-corrected chi connectivity index (χ2v) is 6.06. The smallest absolute Gasteiger partial charge is 0.410 e. The molecule has 6 heteroatoms. The lowest BCUT2D eigenvalue weighted by atomic mass is 10.2. The fourth-order valence-corrected chi connectivity index (χ4v) is 2.16. The molecule has 116 valence electrons. The third kappa shape index (κ3) is 5.00. The van der Waals surface area contributed by atoms with Gasteiger partial charge < -0.3 is 9.64 Å². The molecule has 1 rings (SSSR count). The summed E-state index contributed by atoms with van der Waals surface area (Å²) in [5.41, 5.74) is -0.470. The van der Waals surface area contributed by atoms with Crippen molar-refractivity contribution in [3.05, 3.63) is 0 Å². The third-order valence-electron chi connectivity index (χ3n) is 3.05. The average molecular weight is 285 g/mol. The molecule has 1 heterocycles. The number of nitrogens with zero attached hydrogens (tertiary/aromatic N) is 3. The second kappa shape index (κ2) is 6.92. The van der Waals surface area contributed by atoms with E-state index in [2.05, 4.69) is 0 Å². The molecule has 1 fully saturated rings. The van der Waals surface area contributed by atoms with Gasteiger partial charge >= 0.3 is 6.09 Å². The minimum absolute atomic E-state index is 0.0533. The number of carbonyl (C=O) groups is 2. The Morgan fingerprint density at radius 1 is 1.15 bits per heavy atom. The van der Waals surface area contributed by atoms with Gasteiger partial charge in [-0.15, -0.1) is 0 Å². The number of hydrazine groups is 1. The lowest BCUT2D eigenvalue weighted by molar-refractivity contribution is -0.149. The van der Waals surface area contributed by atoms with Crippen LogP contribution in [0.15, 0.2) is 0 Å². The van der Waals surface area contributed by atoms with Gasteiger partial charge in [-0.05, 0) is 27.2 Å². The quantitative estimate of drug-likeness (QED) is 0.792. The van der Waals surface area contributed by atoms with E-state index in [-0.39, 0.29) is 12.0 Å². The van der Waals surface area contributed by atoms with Crippen molar-refractivity contribution in [1.82, 2.24) is 14.9 Å². The Morgan fingerprint density at radius 2 is 1.70 bits per heavy atom. The normalized spacial score (nSPS) is 16.9. The molecule has 1 aliphatic rings. The highest BCUT2D eigenvalue weighted by molar-refractivity contribution is 5.72. The number of hydrogen-bond acceptors (Lipinski definition) is 4. The van der Waals surface area contributed by atoms with Crippen molar-refractivity contribution in [3.63, 3.8) is 0 Å². The van der Waals surface area contributed by atoms with Crippen molar-refractivity contribution in [2.75, 3.05) is 32.7 Å². The Balaban J connectivity index is 2.50. The number of carbonyl (C=O) groups excluding carboxylic acids is 2. The topological polar surface area (TPSA) is 53.1 Å². The number of ether oxygens (including phenoxy) is 1. The van der Waals surface area contributed by atoms with Crippen LogP contribution < -0.4 is 0 Å². The molecule has 0 spiro atoms. The van der Waals surface area contributed by atoms with Crippen LogP contribution in [0.25, 0.3) is 0 Å². The fourth-order valence-electron chi connectivity index (χ4n) is 2.16. The minimum Gasteiger partial charge on any atom is -0.444 e. The maximum absolute atomic E-state index is 12.0. The van der Waals surface area contributed by atoms with Crippen LogP contribution >= 0.6 is 0 Å². The molecule has 1 aliphatic heterocycles. The minimum atomic E-state index is -0.470. The molecule has 0 radical (unpaired) electrons. The van der Waals surface area contributed by atoms with Crippen molar-refractivity contribution in [2.24, 2.45) is 0 Å². The van der Waals surface area contributed by atoms with E-state index in [4.69, 9.17) is 4.74 Å². The number of rotatable bonds is 3. The van der Waals surface area contributed by atoms with Crippen molar-refractivity contribution in [1.29, 1.82) is 0 Å². The highest BCUT2D eigenvalue weighted by Gasteiger charge is 2.28. The van der Waals surface area contributed by atoms with Gasteiger partial charge in [-0.25, -0.2) is 9.80 Å². The Morgan fingerprint density at radius 3 is 2.10 bits per heavy atom. The Hall–Kier alpha value is -1.30. The molecule has 0 bridgehead atoms. The first-order chi connectivity index (χ1) is 9.24. The number of amides is 2. The summed E-state index contributed by atoms with van der Waals surface area (Å²) >= 11 is 0. The van der Waals surface area contributed by atoms with Gasteiger partial charge in [0.15, 0.2) is 0 Å². The highest BCUT2D eigenvalue weighted by atomic mass is 16.6. The zero-order chi connectivity index (χ0) is 15.3. The maximum atomic E-state index is 12.0. The monoisotopic (exact) mass is 285 g/mol. The van der Waals surface area contributed by atoms with Crippen LogP contribution in [0.1, 0.15) is 41.0 Å². The molecule has 0 N–H and O–H groups in total. The Kier molecular flexibility index (Phi) is 5.80. The molecule has 0 aromatic carbocycles. The second-order valence-electron chi connectivity index (χ2n) is 6.06. The molecular weight excluding hydrogens is 258 g/mol. The third-order valence-corrected chi connectivity index (χ3v) is 3.05. The summed E-state index contributed by atoms with van der Waals surface area (Å²) in [6, 6.07) is 0. The van der Waals surface area contributed by atoms with Crippen LogP contribution in [-0.4, -0.2) is 65.2 Å². The first-order valence-corrected chi connectivity index (χ1v) is 7.25. The van der Waals surface area contributed by atoms with Gasteiger partial charge in [0.05, 0.1) is 0 Å². The summed E-state index contributed by atoms with van der Waals surface area (Å²) in [4.78, 5) is 25.3. The lowest BCUT2D eigenvalue weighted by Gasteiger charge is -2.40. The van der Waals surface area contributed by atoms with E-state index in [0.29, 0.717) is 26.2 Å². The molecule has 2 amide bonds. The van der Waals surface area contributed by atoms with Crippen LogP contribution in [0.4, 0.5) is 4.79 Å². The van der Waals surface area contributed by atoms with Crippen LogP contribution in [0, 0.1) is 0 Å². The maximum Gasteiger partial charge on any atom is 0.410 e. The van der Waals surface area contributed by atoms with Crippen LogP contribution in [0.2, 0.25) is 0 Å². The molecule has 6 nitrogen and oxygen atoms in total. The SMILES string of the molecule is CCCN(C(C)=O)N1CCN(C(=O)OC(C)(C)C)CC1. The summed E-state index contributed by atoms with van der Waals surface area (Å²) in [5, 5.41) is 3.79. The number of piperazine rings is 1. The summed E-state index contributed by atoms with van der Waals surface area (Å²) in [5.74, 6) is 0.0533. The predicted octanol–water partition coefficient (Wildman–Crippen LogP) is 1.71. The van der Waals surface area contributed by atoms with Gasteiger partial charge in [0.2, 0.25) is 5.91 Å². The van der Waals surface area contributed by atoms with E-state index in [0.717, 1.165) is 13.0 Å². The summed E-state index contributed by atoms with van der Waals surface area (Å²) in [6.07, 6.45) is 0.647. The van der Waals surface area contributed by atoms with Gasteiger partial charge in [0.25, 0.3) is 0 Å². The first kappa shape index (κ1) is 16.8. The first-order valence-electron chi connectivity index (χ1n) is 7.25. The van der Waals surface area contributed by atoms with E-state index < -0.39 is 5.60 Å². The van der Waals surface area contributed by atoms with Gasteiger partial charge in [0.1, 0.15) is 5.60 Å². The van der Waals surface area contributed by atoms with E-state index in [1.54, 1.807) is 16.8 Å². The summed E-state index contributed by atoms with van der Waals surface area (Å²) in [6.45, 7) is 12.4. The van der Waals surface area contributed by atoms with Crippen molar-refractivity contribution < 1.29 is 14.3 Å².